The third-order valence-corrected chi connectivity index (χ3v) is 4.20. The van der Waals surface area contributed by atoms with Crippen LogP contribution in [0.3, 0.4) is 0 Å². The number of ketones is 1. The number of aryl methyl sites for hydroxylation is 2. The summed E-state index contributed by atoms with van der Waals surface area (Å²) >= 11 is 1.40. The Morgan fingerprint density at radius 2 is 2.10 bits per heavy atom. The van der Waals surface area contributed by atoms with E-state index in [1.165, 1.54) is 18.1 Å². The first kappa shape index (κ1) is 13.8. The summed E-state index contributed by atoms with van der Waals surface area (Å²) in [7, 11) is 0. The Labute approximate surface area is 126 Å². The molecule has 0 aliphatic carbocycles. The van der Waals surface area contributed by atoms with Gasteiger partial charge >= 0.3 is 0 Å². The molecule has 0 bridgehead atoms. The maximum atomic E-state index is 12.3. The summed E-state index contributed by atoms with van der Waals surface area (Å²) in [4.78, 5) is 27.7. The normalized spacial score (nSPS) is 11.0. The molecule has 0 spiro atoms. The summed E-state index contributed by atoms with van der Waals surface area (Å²) in [6.45, 7) is 3.98. The molecule has 0 aliphatic heterocycles. The van der Waals surface area contributed by atoms with Crippen molar-refractivity contribution in [2.75, 3.05) is 5.75 Å². The minimum absolute atomic E-state index is 0.101. The number of Topliss-reactive ketones (excluding diaryl/α,β-unsaturated/α-hetero) is 1. The van der Waals surface area contributed by atoms with Gasteiger partial charge in [-0.1, -0.05) is 35.5 Å². The Morgan fingerprint density at radius 3 is 2.90 bits per heavy atom. The standard InChI is InChI=1S/C15H14N4OS/c1-9-3-4-11(10(2)5-9)12(20)6-21-15-13-14(17-7-16-13)18-8-19-15/h3-5,7-8H,6H2,1-2H3,(H,16,17,18,19). The molecule has 0 saturated heterocycles. The number of carbonyl (C=O) groups is 1. The first-order valence-electron chi connectivity index (χ1n) is 6.52. The van der Waals surface area contributed by atoms with E-state index < -0.39 is 0 Å². The smallest absolute Gasteiger partial charge is 0.181 e. The molecule has 0 unspecified atom stereocenters. The third-order valence-electron chi connectivity index (χ3n) is 3.21. The monoisotopic (exact) mass is 298 g/mol. The number of aromatic nitrogens is 4. The fourth-order valence-electron chi connectivity index (χ4n) is 2.19. The number of nitrogens with one attached hydrogen (secondary N) is 1. The van der Waals surface area contributed by atoms with Gasteiger partial charge in [0.25, 0.3) is 0 Å². The summed E-state index contributed by atoms with van der Waals surface area (Å²) in [5.41, 5.74) is 4.33. The van der Waals surface area contributed by atoms with Crippen LogP contribution >= 0.6 is 11.8 Å². The fourth-order valence-corrected chi connectivity index (χ4v) is 3.03. The average molecular weight is 298 g/mol. The van der Waals surface area contributed by atoms with Crippen LogP contribution in [-0.4, -0.2) is 31.5 Å². The summed E-state index contributed by atoms with van der Waals surface area (Å²) in [6, 6.07) is 5.87. The molecular weight excluding hydrogens is 284 g/mol. The number of nitrogens with zero attached hydrogens (tertiary/aromatic N) is 3. The molecule has 0 radical (unpaired) electrons. The number of rotatable bonds is 4. The third kappa shape index (κ3) is 2.80. The second-order valence-electron chi connectivity index (χ2n) is 4.81. The largest absolute Gasteiger partial charge is 0.341 e. The Hall–Kier alpha value is -2.21. The van der Waals surface area contributed by atoms with Crippen molar-refractivity contribution in [3.05, 3.63) is 47.5 Å². The fraction of sp³-hybridized carbons (Fsp3) is 0.200. The van der Waals surface area contributed by atoms with E-state index in [2.05, 4.69) is 19.9 Å². The molecule has 2 heterocycles. The lowest BCUT2D eigenvalue weighted by molar-refractivity contribution is 0.102. The van der Waals surface area contributed by atoms with Crippen molar-refractivity contribution in [2.45, 2.75) is 18.9 Å². The van der Waals surface area contributed by atoms with Crippen LogP contribution in [0.4, 0.5) is 0 Å². The minimum atomic E-state index is 0.101. The maximum Gasteiger partial charge on any atom is 0.181 e. The number of carbonyl (C=O) groups excluding carboxylic acids is 1. The van der Waals surface area contributed by atoms with Crippen LogP contribution < -0.4 is 0 Å². The molecule has 0 amide bonds. The number of benzene rings is 1. The van der Waals surface area contributed by atoms with Gasteiger partial charge in [0, 0.05) is 5.56 Å². The van der Waals surface area contributed by atoms with Gasteiger partial charge in [0.05, 0.1) is 12.1 Å². The molecule has 2 aromatic heterocycles. The first-order valence-corrected chi connectivity index (χ1v) is 7.51. The van der Waals surface area contributed by atoms with E-state index in [4.69, 9.17) is 0 Å². The predicted molar refractivity (Wildman–Crippen MR) is 82.7 cm³/mol. The number of fused-ring (bicyclic) bond motifs is 1. The molecule has 3 rings (SSSR count). The van der Waals surface area contributed by atoms with Crippen LogP contribution in [0.1, 0.15) is 21.5 Å². The van der Waals surface area contributed by atoms with E-state index in [1.54, 1.807) is 6.33 Å². The Bertz CT molecular complexity index is 812. The SMILES string of the molecule is Cc1ccc(C(=O)CSc2ncnc3nc[nH]c23)c(C)c1. The van der Waals surface area contributed by atoms with Crippen molar-refractivity contribution >= 4 is 28.7 Å². The highest BCUT2D eigenvalue weighted by Gasteiger charge is 2.12. The number of H-pyrrole nitrogens is 1. The topological polar surface area (TPSA) is 71.5 Å². The van der Waals surface area contributed by atoms with Crippen LogP contribution in [0.25, 0.3) is 11.2 Å². The van der Waals surface area contributed by atoms with Crippen LogP contribution in [0.5, 0.6) is 0 Å². The van der Waals surface area contributed by atoms with E-state index in [-0.39, 0.29) is 5.78 Å². The number of hydrogen-bond donors (Lipinski definition) is 1. The van der Waals surface area contributed by atoms with Gasteiger partial charge in [-0.05, 0) is 19.4 Å². The van der Waals surface area contributed by atoms with Crippen molar-refractivity contribution in [1.29, 1.82) is 0 Å². The van der Waals surface area contributed by atoms with Gasteiger partial charge in [0.1, 0.15) is 16.9 Å². The summed E-state index contributed by atoms with van der Waals surface area (Å²) in [6.07, 6.45) is 3.04. The molecule has 1 N–H and O–H groups in total. The van der Waals surface area contributed by atoms with Crippen LogP contribution in [0.15, 0.2) is 35.9 Å². The maximum absolute atomic E-state index is 12.3. The molecule has 5 nitrogen and oxygen atoms in total. The zero-order valence-corrected chi connectivity index (χ0v) is 12.6. The zero-order valence-electron chi connectivity index (χ0n) is 11.8. The van der Waals surface area contributed by atoms with E-state index in [1.807, 2.05) is 32.0 Å². The lowest BCUT2D eigenvalue weighted by Crippen LogP contribution is -2.05. The number of thioether (sulfide) groups is 1. The number of imidazole rings is 1. The number of aromatic amines is 1. The summed E-state index contributed by atoms with van der Waals surface area (Å²) in [5.74, 6) is 0.443. The van der Waals surface area contributed by atoms with Crippen LogP contribution in [0.2, 0.25) is 0 Å². The first-order chi connectivity index (χ1) is 10.1. The van der Waals surface area contributed by atoms with Gasteiger partial charge < -0.3 is 4.98 Å². The highest BCUT2D eigenvalue weighted by atomic mass is 32.2. The van der Waals surface area contributed by atoms with E-state index in [0.717, 1.165) is 27.2 Å². The Balaban J connectivity index is 1.78. The van der Waals surface area contributed by atoms with Gasteiger partial charge in [-0.2, -0.15) is 0 Å². The lowest BCUT2D eigenvalue weighted by atomic mass is 10.0. The van der Waals surface area contributed by atoms with Crippen molar-refractivity contribution in [1.82, 2.24) is 19.9 Å². The highest BCUT2D eigenvalue weighted by Crippen LogP contribution is 2.23. The summed E-state index contributed by atoms with van der Waals surface area (Å²) < 4.78 is 0. The van der Waals surface area contributed by atoms with E-state index in [0.29, 0.717) is 11.4 Å². The zero-order chi connectivity index (χ0) is 14.8. The second kappa shape index (κ2) is 5.65. The molecule has 21 heavy (non-hydrogen) atoms. The molecule has 6 heteroatoms. The predicted octanol–water partition coefficient (Wildman–Crippen LogP) is 2.94. The van der Waals surface area contributed by atoms with Gasteiger partial charge in [0.15, 0.2) is 11.4 Å². The molecule has 0 fully saturated rings. The van der Waals surface area contributed by atoms with Crippen LogP contribution in [-0.2, 0) is 0 Å². The Morgan fingerprint density at radius 1 is 1.24 bits per heavy atom. The van der Waals surface area contributed by atoms with Crippen molar-refractivity contribution in [3.8, 4) is 0 Å². The Kier molecular flexibility index (Phi) is 3.70. The highest BCUT2D eigenvalue weighted by molar-refractivity contribution is 8.00. The average Bonchev–Trinajstić information content (AvgIpc) is 2.93. The molecule has 0 saturated carbocycles. The second-order valence-corrected chi connectivity index (χ2v) is 5.77. The van der Waals surface area contributed by atoms with Crippen molar-refractivity contribution in [2.24, 2.45) is 0 Å². The van der Waals surface area contributed by atoms with E-state index >= 15 is 0 Å². The van der Waals surface area contributed by atoms with Crippen molar-refractivity contribution < 1.29 is 4.79 Å². The minimum Gasteiger partial charge on any atom is -0.341 e. The van der Waals surface area contributed by atoms with Gasteiger partial charge in [0.2, 0.25) is 0 Å². The molecule has 1 aromatic carbocycles. The van der Waals surface area contributed by atoms with Gasteiger partial charge in [-0.15, -0.1) is 0 Å². The number of hydrogen-bond acceptors (Lipinski definition) is 5. The van der Waals surface area contributed by atoms with Crippen LogP contribution in [0, 0.1) is 13.8 Å². The molecule has 106 valence electrons. The molecule has 3 aromatic rings. The molecule has 0 aliphatic rings. The van der Waals surface area contributed by atoms with Gasteiger partial charge in [-0.25, -0.2) is 15.0 Å². The summed E-state index contributed by atoms with van der Waals surface area (Å²) in [5, 5.41) is 0.746. The van der Waals surface area contributed by atoms with E-state index in [9.17, 15) is 4.79 Å². The molecule has 0 atom stereocenters. The quantitative estimate of drug-likeness (QED) is 0.455. The lowest BCUT2D eigenvalue weighted by Gasteiger charge is -2.06. The van der Waals surface area contributed by atoms with Crippen molar-refractivity contribution in [3.63, 3.8) is 0 Å². The van der Waals surface area contributed by atoms with Gasteiger partial charge in [-0.3, -0.25) is 4.79 Å². The molecular formula is C15H14N4OS.